The molecule has 0 aliphatic heterocycles. The number of benzene rings is 1. The van der Waals surface area contributed by atoms with E-state index in [0.717, 1.165) is 11.5 Å². The van der Waals surface area contributed by atoms with Crippen LogP contribution in [0.1, 0.15) is 13.8 Å². The van der Waals surface area contributed by atoms with Gasteiger partial charge in [-0.05, 0) is 33.0 Å². The minimum absolute atomic E-state index is 0.333. The molecule has 0 bridgehead atoms. The van der Waals surface area contributed by atoms with Crippen molar-refractivity contribution in [3.8, 4) is 11.5 Å². The van der Waals surface area contributed by atoms with Gasteiger partial charge in [0.25, 0.3) is 0 Å². The molecule has 0 heterocycles. The molecule has 3 nitrogen and oxygen atoms in total. The minimum atomic E-state index is 0.333. The van der Waals surface area contributed by atoms with E-state index in [1.807, 2.05) is 38.2 Å². The molecule has 1 atom stereocenters. The van der Waals surface area contributed by atoms with Crippen LogP contribution in [0.2, 0.25) is 0 Å². The van der Waals surface area contributed by atoms with Gasteiger partial charge in [-0.25, -0.2) is 0 Å². The summed E-state index contributed by atoms with van der Waals surface area (Å²) >= 11 is 0. The van der Waals surface area contributed by atoms with Crippen LogP contribution in [0.15, 0.2) is 24.3 Å². The highest BCUT2D eigenvalue weighted by Crippen LogP contribution is 2.26. The second kappa shape index (κ2) is 6.30. The van der Waals surface area contributed by atoms with Crippen LogP contribution in [0.3, 0.4) is 0 Å². The molecular weight excluding hydrogens is 190 g/mol. The Morgan fingerprint density at radius 2 is 1.80 bits per heavy atom. The van der Waals surface area contributed by atoms with Crippen molar-refractivity contribution >= 4 is 0 Å². The number of hydrogen-bond donors (Lipinski definition) is 1. The van der Waals surface area contributed by atoms with Crippen molar-refractivity contribution < 1.29 is 9.47 Å². The third kappa shape index (κ3) is 3.80. The number of nitrogens with one attached hydrogen (secondary N) is 1. The summed E-state index contributed by atoms with van der Waals surface area (Å²) < 4.78 is 11.1. The Kier molecular flexibility index (Phi) is 4.98. The summed E-state index contributed by atoms with van der Waals surface area (Å²) in [6, 6.07) is 8.07. The van der Waals surface area contributed by atoms with Crippen LogP contribution in [-0.2, 0) is 0 Å². The van der Waals surface area contributed by atoms with Gasteiger partial charge in [0.2, 0.25) is 0 Å². The van der Waals surface area contributed by atoms with Crippen LogP contribution in [0.5, 0.6) is 11.5 Å². The highest BCUT2D eigenvalue weighted by Gasteiger charge is 2.05. The summed E-state index contributed by atoms with van der Waals surface area (Å²) in [7, 11) is 1.92. The Morgan fingerprint density at radius 1 is 1.20 bits per heavy atom. The van der Waals surface area contributed by atoms with Crippen molar-refractivity contribution in [3.63, 3.8) is 0 Å². The number of likely N-dealkylation sites (N-methyl/N-ethyl adjacent to an activating group) is 1. The van der Waals surface area contributed by atoms with E-state index in [9.17, 15) is 0 Å². The molecule has 1 aromatic carbocycles. The fourth-order valence-electron chi connectivity index (χ4n) is 1.14. The lowest BCUT2D eigenvalue weighted by atomic mass is 10.3. The van der Waals surface area contributed by atoms with Crippen molar-refractivity contribution in [2.45, 2.75) is 19.9 Å². The van der Waals surface area contributed by atoms with Crippen LogP contribution in [-0.4, -0.2) is 26.3 Å². The summed E-state index contributed by atoms with van der Waals surface area (Å²) in [5, 5.41) is 3.12. The number of para-hydroxylation sites is 2. The van der Waals surface area contributed by atoms with E-state index in [1.54, 1.807) is 0 Å². The number of hydrogen-bond acceptors (Lipinski definition) is 3. The van der Waals surface area contributed by atoms with E-state index in [0.29, 0.717) is 19.3 Å². The Morgan fingerprint density at radius 3 is 2.33 bits per heavy atom. The summed E-state index contributed by atoms with van der Waals surface area (Å²) in [5.41, 5.74) is 0. The van der Waals surface area contributed by atoms with Crippen LogP contribution in [0, 0.1) is 0 Å². The van der Waals surface area contributed by atoms with Crippen molar-refractivity contribution in [1.82, 2.24) is 5.32 Å². The lowest BCUT2D eigenvalue weighted by Gasteiger charge is -2.14. The Balaban J connectivity index is 2.58. The SMILES string of the molecule is CCOc1ccccc1OCC(C)NC. The molecule has 0 amide bonds. The monoisotopic (exact) mass is 209 g/mol. The van der Waals surface area contributed by atoms with Crippen LogP contribution >= 0.6 is 0 Å². The zero-order valence-corrected chi connectivity index (χ0v) is 9.62. The molecule has 15 heavy (non-hydrogen) atoms. The molecule has 1 N–H and O–H groups in total. The van der Waals surface area contributed by atoms with Gasteiger partial charge in [0.1, 0.15) is 6.61 Å². The van der Waals surface area contributed by atoms with Crippen molar-refractivity contribution in [2.75, 3.05) is 20.3 Å². The average Bonchev–Trinajstić information content (AvgIpc) is 2.28. The molecule has 0 aliphatic carbocycles. The molecule has 0 aliphatic rings. The maximum atomic E-state index is 5.65. The predicted molar refractivity (Wildman–Crippen MR) is 61.6 cm³/mol. The largest absolute Gasteiger partial charge is 0.490 e. The molecule has 1 rings (SSSR count). The van der Waals surface area contributed by atoms with Gasteiger partial charge in [-0.1, -0.05) is 12.1 Å². The third-order valence-electron chi connectivity index (χ3n) is 2.13. The topological polar surface area (TPSA) is 30.5 Å². The van der Waals surface area contributed by atoms with Gasteiger partial charge in [-0.2, -0.15) is 0 Å². The molecule has 0 radical (unpaired) electrons. The van der Waals surface area contributed by atoms with Crippen LogP contribution in [0.4, 0.5) is 0 Å². The van der Waals surface area contributed by atoms with Gasteiger partial charge >= 0.3 is 0 Å². The maximum Gasteiger partial charge on any atom is 0.161 e. The van der Waals surface area contributed by atoms with E-state index in [2.05, 4.69) is 12.2 Å². The third-order valence-corrected chi connectivity index (χ3v) is 2.13. The normalized spacial score (nSPS) is 12.2. The van der Waals surface area contributed by atoms with Crippen LogP contribution < -0.4 is 14.8 Å². The summed E-state index contributed by atoms with van der Waals surface area (Å²) in [6.45, 7) is 5.33. The Hall–Kier alpha value is -1.22. The van der Waals surface area contributed by atoms with Crippen molar-refractivity contribution in [1.29, 1.82) is 0 Å². The van der Waals surface area contributed by atoms with Crippen molar-refractivity contribution in [2.24, 2.45) is 0 Å². The predicted octanol–water partition coefficient (Wildman–Crippen LogP) is 2.07. The Labute approximate surface area is 91.4 Å². The van der Waals surface area contributed by atoms with E-state index in [-0.39, 0.29) is 0 Å². The van der Waals surface area contributed by atoms with Gasteiger partial charge in [0.15, 0.2) is 11.5 Å². The van der Waals surface area contributed by atoms with Gasteiger partial charge in [-0.15, -0.1) is 0 Å². The second-order valence-electron chi connectivity index (χ2n) is 3.38. The standard InChI is InChI=1S/C12H19NO2/c1-4-14-11-7-5-6-8-12(11)15-9-10(2)13-3/h5-8,10,13H,4,9H2,1-3H3. The fourth-order valence-corrected chi connectivity index (χ4v) is 1.14. The lowest BCUT2D eigenvalue weighted by molar-refractivity contribution is 0.255. The summed E-state index contributed by atoms with van der Waals surface area (Å²) in [5.74, 6) is 1.62. The zero-order valence-electron chi connectivity index (χ0n) is 9.62. The molecule has 0 fully saturated rings. The molecule has 0 saturated heterocycles. The first-order valence-corrected chi connectivity index (χ1v) is 5.29. The first kappa shape index (κ1) is 11.9. The molecule has 0 aromatic heterocycles. The van der Waals surface area contributed by atoms with Gasteiger partial charge in [0.05, 0.1) is 6.61 Å². The molecular formula is C12H19NO2. The molecule has 0 saturated carbocycles. The maximum absolute atomic E-state index is 5.65. The number of ether oxygens (including phenoxy) is 2. The van der Waals surface area contributed by atoms with Gasteiger partial charge in [0, 0.05) is 6.04 Å². The van der Waals surface area contributed by atoms with E-state index >= 15 is 0 Å². The molecule has 1 aromatic rings. The Bertz CT molecular complexity index is 289. The summed E-state index contributed by atoms with van der Waals surface area (Å²) in [6.07, 6.45) is 0. The first-order chi connectivity index (χ1) is 7.27. The molecule has 1 unspecified atom stereocenters. The summed E-state index contributed by atoms with van der Waals surface area (Å²) in [4.78, 5) is 0. The van der Waals surface area contributed by atoms with E-state index in [1.165, 1.54) is 0 Å². The van der Waals surface area contributed by atoms with E-state index in [4.69, 9.17) is 9.47 Å². The highest BCUT2D eigenvalue weighted by molar-refractivity contribution is 5.39. The smallest absolute Gasteiger partial charge is 0.161 e. The second-order valence-corrected chi connectivity index (χ2v) is 3.38. The molecule has 3 heteroatoms. The minimum Gasteiger partial charge on any atom is -0.490 e. The van der Waals surface area contributed by atoms with Gasteiger partial charge < -0.3 is 14.8 Å². The lowest BCUT2D eigenvalue weighted by Crippen LogP contribution is -2.28. The van der Waals surface area contributed by atoms with Crippen LogP contribution in [0.25, 0.3) is 0 Å². The van der Waals surface area contributed by atoms with Gasteiger partial charge in [-0.3, -0.25) is 0 Å². The van der Waals surface area contributed by atoms with E-state index < -0.39 is 0 Å². The fraction of sp³-hybridized carbons (Fsp3) is 0.500. The van der Waals surface area contributed by atoms with Crippen molar-refractivity contribution in [3.05, 3.63) is 24.3 Å². The quantitative estimate of drug-likeness (QED) is 0.778. The highest BCUT2D eigenvalue weighted by atomic mass is 16.5. The zero-order chi connectivity index (χ0) is 11.1. The molecule has 0 spiro atoms. The molecule has 84 valence electrons. The number of rotatable bonds is 6. The first-order valence-electron chi connectivity index (χ1n) is 5.29. The average molecular weight is 209 g/mol.